The SMILES string of the molecule is C=C(C)C(=O)OCCOC(=O)CC[NH-].O.O.[Y].[Y]. The molecule has 7 nitrogen and oxygen atoms in total. The largest absolute Gasteiger partial charge is 0.677 e. The molecule has 0 atom stereocenters. The molecule has 2 radical (unpaired) electrons. The summed E-state index contributed by atoms with van der Waals surface area (Å²) < 4.78 is 9.32. The van der Waals surface area contributed by atoms with Gasteiger partial charge >= 0.3 is 11.9 Å². The Balaban J connectivity index is -0.000000141. The van der Waals surface area contributed by atoms with Gasteiger partial charge in [0, 0.05) is 77.4 Å². The Kier molecular flexibility index (Phi) is 34.9. The molecule has 0 aliphatic heterocycles. The molecule has 0 fully saturated rings. The van der Waals surface area contributed by atoms with Gasteiger partial charge in [0.15, 0.2) is 0 Å². The van der Waals surface area contributed by atoms with Crippen molar-refractivity contribution in [3.05, 3.63) is 17.9 Å². The van der Waals surface area contributed by atoms with Gasteiger partial charge in [-0.3, -0.25) is 4.79 Å². The van der Waals surface area contributed by atoms with Crippen LogP contribution in [0.5, 0.6) is 0 Å². The summed E-state index contributed by atoms with van der Waals surface area (Å²) in [7, 11) is 0. The second-order valence-corrected chi connectivity index (χ2v) is 2.64. The van der Waals surface area contributed by atoms with Crippen molar-refractivity contribution in [3.63, 3.8) is 0 Å². The van der Waals surface area contributed by atoms with Crippen molar-refractivity contribution in [1.29, 1.82) is 0 Å². The predicted octanol–water partition coefficient (Wildman–Crippen LogP) is -0.563. The number of carbonyl (C=O) groups is 2. The smallest absolute Gasteiger partial charge is 0.333 e. The van der Waals surface area contributed by atoms with Gasteiger partial charge in [-0.1, -0.05) is 6.58 Å². The second kappa shape index (κ2) is 20.1. The maximum atomic E-state index is 10.8. The Labute approximate surface area is 157 Å². The van der Waals surface area contributed by atoms with Crippen LogP contribution < -0.4 is 0 Å². The van der Waals surface area contributed by atoms with E-state index in [4.69, 9.17) is 5.73 Å². The fraction of sp³-hybridized carbons (Fsp3) is 0.556. The van der Waals surface area contributed by atoms with Crippen molar-refractivity contribution in [2.45, 2.75) is 13.3 Å². The first kappa shape index (κ1) is 31.3. The van der Waals surface area contributed by atoms with Crippen LogP contribution in [0.2, 0.25) is 0 Å². The fourth-order valence-electron chi connectivity index (χ4n) is 0.587. The third-order valence-electron chi connectivity index (χ3n) is 1.26. The molecule has 9 heteroatoms. The molecule has 0 aromatic rings. The summed E-state index contributed by atoms with van der Waals surface area (Å²) in [6.07, 6.45) is 0.0639. The van der Waals surface area contributed by atoms with Crippen LogP contribution in [0.1, 0.15) is 13.3 Å². The number of nitrogens with one attached hydrogen (secondary N) is 1. The Hall–Kier alpha value is 0.768. The van der Waals surface area contributed by atoms with Crippen molar-refractivity contribution < 1.29 is 95.4 Å². The Morgan fingerprint density at radius 3 is 1.94 bits per heavy atom. The van der Waals surface area contributed by atoms with E-state index >= 15 is 0 Å². The zero-order valence-corrected chi connectivity index (χ0v) is 16.0. The van der Waals surface area contributed by atoms with Crippen LogP contribution in [-0.2, 0) is 84.5 Å². The van der Waals surface area contributed by atoms with Crippen molar-refractivity contribution in [2.24, 2.45) is 0 Å². The number of ether oxygens (including phenoxy) is 2. The van der Waals surface area contributed by atoms with Gasteiger partial charge in [-0.2, -0.15) is 0 Å². The van der Waals surface area contributed by atoms with E-state index in [1.807, 2.05) is 0 Å². The molecular formula is C9H18NO6Y2-. The monoisotopic (exact) mass is 414 g/mol. The normalized spacial score (nSPS) is 7.22. The van der Waals surface area contributed by atoms with Gasteiger partial charge in [0.2, 0.25) is 0 Å². The first-order valence-corrected chi connectivity index (χ1v) is 4.20. The average molecular weight is 414 g/mol. The van der Waals surface area contributed by atoms with Gasteiger partial charge in [-0.25, -0.2) is 4.79 Å². The maximum Gasteiger partial charge on any atom is 0.333 e. The third-order valence-corrected chi connectivity index (χ3v) is 1.26. The summed E-state index contributed by atoms with van der Waals surface area (Å²) in [5, 5.41) is 0. The molecule has 0 bridgehead atoms. The molecule has 0 rings (SSSR count). The predicted molar refractivity (Wildman–Crippen MR) is 57.8 cm³/mol. The van der Waals surface area contributed by atoms with Crippen molar-refractivity contribution in [2.75, 3.05) is 19.8 Å². The van der Waals surface area contributed by atoms with Gasteiger partial charge in [-0.05, 0) is 6.92 Å². The van der Waals surface area contributed by atoms with E-state index in [0.29, 0.717) is 5.57 Å². The molecular weight excluding hydrogens is 396 g/mol. The summed E-state index contributed by atoms with van der Waals surface area (Å²) in [6, 6.07) is 0. The molecule has 5 N–H and O–H groups in total. The molecule has 102 valence electrons. The van der Waals surface area contributed by atoms with Crippen LogP contribution in [0.15, 0.2) is 12.2 Å². The van der Waals surface area contributed by atoms with Gasteiger partial charge < -0.3 is 26.2 Å². The average Bonchev–Trinajstić information content (AvgIpc) is 2.12. The standard InChI is InChI=1S/C9H14NO4.2H2O.2Y/c1-7(2)9(12)14-6-5-13-8(11)3-4-10;;;;/h10H,1,3-6H2,2H3;2*1H2;;/q-1;;;;. The summed E-state index contributed by atoms with van der Waals surface area (Å²) >= 11 is 0. The molecule has 0 spiro atoms. The number of carbonyl (C=O) groups excluding carboxylic acids is 2. The number of rotatable bonds is 6. The molecule has 0 aromatic heterocycles. The topological polar surface area (TPSA) is 139 Å². The van der Waals surface area contributed by atoms with Gasteiger partial charge in [0.25, 0.3) is 0 Å². The van der Waals surface area contributed by atoms with Crippen molar-refractivity contribution >= 4 is 11.9 Å². The third kappa shape index (κ3) is 19.1. The molecule has 18 heavy (non-hydrogen) atoms. The summed E-state index contributed by atoms with van der Waals surface area (Å²) in [6.45, 7) is 4.98. The van der Waals surface area contributed by atoms with Crippen LogP contribution in [0.4, 0.5) is 0 Å². The minimum Gasteiger partial charge on any atom is -0.677 e. The van der Waals surface area contributed by atoms with E-state index in [1.54, 1.807) is 0 Å². The van der Waals surface area contributed by atoms with E-state index in [0.717, 1.165) is 0 Å². The van der Waals surface area contributed by atoms with E-state index in [9.17, 15) is 9.59 Å². The second-order valence-electron chi connectivity index (χ2n) is 2.64. The molecule has 0 aliphatic carbocycles. The number of esters is 2. The van der Waals surface area contributed by atoms with Gasteiger partial charge in [0.1, 0.15) is 13.2 Å². The Bertz CT molecular complexity index is 237. The molecule has 0 unspecified atom stereocenters. The maximum absolute atomic E-state index is 10.8. The van der Waals surface area contributed by atoms with Crippen LogP contribution in [0, 0.1) is 0 Å². The number of hydrogen-bond acceptors (Lipinski definition) is 4. The quantitative estimate of drug-likeness (QED) is 0.327. The van der Waals surface area contributed by atoms with Crippen molar-refractivity contribution in [3.8, 4) is 0 Å². The Morgan fingerprint density at radius 2 is 1.56 bits per heavy atom. The van der Waals surface area contributed by atoms with Crippen LogP contribution in [0.3, 0.4) is 0 Å². The minimum atomic E-state index is -0.499. The first-order valence-electron chi connectivity index (χ1n) is 4.20. The molecule has 0 amide bonds. The van der Waals surface area contributed by atoms with Crippen molar-refractivity contribution in [1.82, 2.24) is 0 Å². The molecule has 0 aliphatic rings. The fourth-order valence-corrected chi connectivity index (χ4v) is 0.587. The van der Waals surface area contributed by atoms with E-state index < -0.39 is 11.9 Å². The first-order chi connectivity index (χ1) is 6.57. The van der Waals surface area contributed by atoms with E-state index in [2.05, 4.69) is 16.1 Å². The summed E-state index contributed by atoms with van der Waals surface area (Å²) in [4.78, 5) is 21.5. The summed E-state index contributed by atoms with van der Waals surface area (Å²) in [5.74, 6) is -0.951. The minimum absolute atomic E-state index is 0. The van der Waals surface area contributed by atoms with Gasteiger partial charge in [-0.15, -0.1) is 6.54 Å². The van der Waals surface area contributed by atoms with E-state index in [1.165, 1.54) is 6.92 Å². The Morgan fingerprint density at radius 1 is 1.11 bits per heavy atom. The zero-order chi connectivity index (χ0) is 11.0. The van der Waals surface area contributed by atoms with Gasteiger partial charge in [0.05, 0.1) is 0 Å². The molecule has 0 saturated heterocycles. The molecule has 0 heterocycles. The zero-order valence-electron chi connectivity index (χ0n) is 10.3. The molecule has 0 saturated carbocycles. The van der Waals surface area contributed by atoms with Crippen LogP contribution in [0.25, 0.3) is 5.73 Å². The molecule has 0 aromatic carbocycles. The number of hydrogen-bond donors (Lipinski definition) is 0. The van der Waals surface area contributed by atoms with Crippen LogP contribution >= 0.6 is 0 Å². The van der Waals surface area contributed by atoms with Crippen LogP contribution in [-0.4, -0.2) is 42.6 Å². The summed E-state index contributed by atoms with van der Waals surface area (Å²) in [5.41, 5.74) is 7.05. The van der Waals surface area contributed by atoms with E-state index in [-0.39, 0.29) is 103 Å².